The van der Waals surface area contributed by atoms with E-state index >= 15 is 0 Å². The molecule has 0 fully saturated rings. The average molecular weight is 309 g/mol. The van der Waals surface area contributed by atoms with Crippen LogP contribution in [-0.2, 0) is 4.74 Å². The van der Waals surface area contributed by atoms with Crippen molar-refractivity contribution in [3.05, 3.63) is 24.1 Å². The van der Waals surface area contributed by atoms with E-state index in [1.54, 1.807) is 6.07 Å². The fourth-order valence-electron chi connectivity index (χ4n) is 1.73. The van der Waals surface area contributed by atoms with Gasteiger partial charge in [0.1, 0.15) is 11.4 Å². The Morgan fingerprint density at radius 1 is 1.36 bits per heavy atom. The first-order valence-electron chi connectivity index (χ1n) is 7.06. The van der Waals surface area contributed by atoms with Crippen LogP contribution in [-0.4, -0.2) is 39.4 Å². The minimum Gasteiger partial charge on any atom is -0.444 e. The van der Waals surface area contributed by atoms with E-state index in [2.05, 4.69) is 20.7 Å². The summed E-state index contributed by atoms with van der Waals surface area (Å²) in [7, 11) is 0. The summed E-state index contributed by atoms with van der Waals surface area (Å²) in [6.07, 6.45) is 1.51. The summed E-state index contributed by atoms with van der Waals surface area (Å²) in [6, 6.07) is 2.89. The maximum atomic E-state index is 13.0. The number of nitrogens with zero attached hydrogens (tertiary/aromatic N) is 3. The minimum absolute atomic E-state index is 0.370. The molecular weight excluding hydrogens is 289 g/mol. The molecule has 120 valence electrons. The van der Waals surface area contributed by atoms with Crippen LogP contribution in [0.5, 0.6) is 0 Å². The maximum Gasteiger partial charge on any atom is 0.407 e. The van der Waals surface area contributed by atoms with Crippen LogP contribution in [0.3, 0.4) is 0 Å². The number of hydrogen-bond donors (Lipinski definition) is 2. The van der Waals surface area contributed by atoms with Crippen molar-refractivity contribution < 1.29 is 13.9 Å². The first-order chi connectivity index (χ1) is 10.3. The van der Waals surface area contributed by atoms with Crippen LogP contribution >= 0.6 is 0 Å². The van der Waals surface area contributed by atoms with Crippen LogP contribution < -0.4 is 10.6 Å². The molecule has 7 nitrogen and oxygen atoms in total. The van der Waals surface area contributed by atoms with E-state index in [0.29, 0.717) is 31.1 Å². The lowest BCUT2D eigenvalue weighted by Crippen LogP contribution is -2.33. The summed E-state index contributed by atoms with van der Waals surface area (Å²) in [6.45, 7) is 6.49. The highest BCUT2D eigenvalue weighted by Crippen LogP contribution is 2.07. The summed E-state index contributed by atoms with van der Waals surface area (Å²) in [4.78, 5) is 15.6. The van der Waals surface area contributed by atoms with Gasteiger partial charge in [0.15, 0.2) is 5.65 Å². The van der Waals surface area contributed by atoms with Crippen LogP contribution in [0.4, 0.5) is 15.1 Å². The standard InChI is InChI=1S/C14H20FN5O2/c1-14(2,3)22-13(21)17-8-4-7-16-12-18-11-6-5-10(15)9-20(11)19-12/h5-6,9H,4,7-8H2,1-3H3,(H,16,19)(H,17,21). The highest BCUT2D eigenvalue weighted by atomic mass is 19.1. The summed E-state index contributed by atoms with van der Waals surface area (Å²) in [5, 5.41) is 9.78. The van der Waals surface area contributed by atoms with Gasteiger partial charge in [-0.2, -0.15) is 4.98 Å². The van der Waals surface area contributed by atoms with Gasteiger partial charge in [-0.3, -0.25) is 0 Å². The Kier molecular flexibility index (Phi) is 4.79. The maximum absolute atomic E-state index is 13.0. The van der Waals surface area contributed by atoms with Gasteiger partial charge in [-0.25, -0.2) is 13.7 Å². The molecule has 0 bridgehead atoms. The number of alkyl carbamates (subject to hydrolysis) is 1. The van der Waals surface area contributed by atoms with Crippen molar-refractivity contribution in [2.75, 3.05) is 18.4 Å². The third-order valence-corrected chi connectivity index (χ3v) is 2.60. The van der Waals surface area contributed by atoms with Crippen LogP contribution in [0.15, 0.2) is 18.3 Å². The number of nitrogens with one attached hydrogen (secondary N) is 2. The molecule has 2 aromatic heterocycles. The second-order valence-electron chi connectivity index (χ2n) is 5.79. The molecule has 0 unspecified atom stereocenters. The average Bonchev–Trinajstić information content (AvgIpc) is 2.78. The molecule has 0 aromatic carbocycles. The molecule has 2 N–H and O–H groups in total. The third kappa shape index (κ3) is 4.87. The topological polar surface area (TPSA) is 80.5 Å². The molecule has 0 aliphatic rings. The van der Waals surface area contributed by atoms with E-state index in [-0.39, 0.29) is 5.82 Å². The zero-order chi connectivity index (χ0) is 16.2. The molecule has 0 saturated heterocycles. The van der Waals surface area contributed by atoms with Crippen molar-refractivity contribution >= 4 is 17.7 Å². The van der Waals surface area contributed by atoms with Crippen LogP contribution in [0.2, 0.25) is 0 Å². The van der Waals surface area contributed by atoms with E-state index < -0.39 is 11.7 Å². The number of amides is 1. The van der Waals surface area contributed by atoms with Gasteiger partial charge in [0.25, 0.3) is 0 Å². The van der Waals surface area contributed by atoms with Crippen molar-refractivity contribution in [2.24, 2.45) is 0 Å². The van der Waals surface area contributed by atoms with Crippen molar-refractivity contribution in [3.63, 3.8) is 0 Å². The van der Waals surface area contributed by atoms with Gasteiger partial charge in [0.05, 0.1) is 6.20 Å². The van der Waals surface area contributed by atoms with Crippen LogP contribution in [0.1, 0.15) is 27.2 Å². The third-order valence-electron chi connectivity index (χ3n) is 2.60. The van der Waals surface area contributed by atoms with Gasteiger partial charge in [-0.05, 0) is 39.3 Å². The molecule has 2 heterocycles. The lowest BCUT2D eigenvalue weighted by Gasteiger charge is -2.19. The monoisotopic (exact) mass is 309 g/mol. The largest absolute Gasteiger partial charge is 0.444 e. The van der Waals surface area contributed by atoms with E-state index in [4.69, 9.17) is 4.74 Å². The number of fused-ring (bicyclic) bond motifs is 1. The minimum atomic E-state index is -0.502. The zero-order valence-electron chi connectivity index (χ0n) is 12.9. The fourth-order valence-corrected chi connectivity index (χ4v) is 1.73. The molecule has 2 rings (SSSR count). The van der Waals surface area contributed by atoms with Gasteiger partial charge < -0.3 is 15.4 Å². The van der Waals surface area contributed by atoms with Gasteiger partial charge in [-0.15, -0.1) is 5.10 Å². The van der Waals surface area contributed by atoms with Gasteiger partial charge in [-0.1, -0.05) is 0 Å². The first kappa shape index (κ1) is 16.0. The molecule has 1 amide bonds. The van der Waals surface area contributed by atoms with E-state index in [1.165, 1.54) is 16.8 Å². The van der Waals surface area contributed by atoms with Crippen molar-refractivity contribution in [1.82, 2.24) is 19.9 Å². The smallest absolute Gasteiger partial charge is 0.407 e. The van der Waals surface area contributed by atoms with Crippen molar-refractivity contribution in [3.8, 4) is 0 Å². The number of anilines is 1. The second-order valence-corrected chi connectivity index (χ2v) is 5.79. The predicted molar refractivity (Wildman–Crippen MR) is 80.3 cm³/mol. The predicted octanol–water partition coefficient (Wildman–Crippen LogP) is 2.20. The number of ether oxygens (including phenoxy) is 1. The quantitative estimate of drug-likeness (QED) is 0.828. The number of aromatic nitrogens is 3. The molecule has 0 aliphatic heterocycles. The summed E-state index contributed by atoms with van der Waals surface area (Å²) in [5.74, 6) is 0.0494. The van der Waals surface area contributed by atoms with Gasteiger partial charge in [0.2, 0.25) is 5.95 Å². The lowest BCUT2D eigenvalue weighted by atomic mass is 10.2. The van der Waals surface area contributed by atoms with Gasteiger partial charge in [0, 0.05) is 13.1 Å². The van der Waals surface area contributed by atoms with E-state index in [1.807, 2.05) is 20.8 Å². The number of carbonyl (C=O) groups excluding carboxylic acids is 1. The second kappa shape index (κ2) is 6.59. The Labute approximate surface area is 127 Å². The molecule has 2 aromatic rings. The zero-order valence-corrected chi connectivity index (χ0v) is 12.9. The Hall–Kier alpha value is -2.38. The summed E-state index contributed by atoms with van der Waals surface area (Å²) in [5.41, 5.74) is 0.0636. The number of rotatable bonds is 5. The van der Waals surface area contributed by atoms with Crippen molar-refractivity contribution in [2.45, 2.75) is 32.8 Å². The molecule has 0 atom stereocenters. The Morgan fingerprint density at radius 2 is 2.14 bits per heavy atom. The normalized spacial score (nSPS) is 11.5. The van der Waals surface area contributed by atoms with Crippen molar-refractivity contribution in [1.29, 1.82) is 0 Å². The Bertz CT molecular complexity index is 650. The molecule has 0 spiro atoms. The number of hydrogen-bond acceptors (Lipinski definition) is 5. The van der Waals surface area contributed by atoms with Crippen LogP contribution in [0.25, 0.3) is 5.65 Å². The highest BCUT2D eigenvalue weighted by molar-refractivity contribution is 5.67. The molecule has 8 heteroatoms. The summed E-state index contributed by atoms with van der Waals surface area (Å²) >= 11 is 0. The number of pyridine rings is 1. The molecule has 0 radical (unpaired) electrons. The van der Waals surface area contributed by atoms with E-state index in [9.17, 15) is 9.18 Å². The highest BCUT2D eigenvalue weighted by Gasteiger charge is 2.15. The van der Waals surface area contributed by atoms with Crippen LogP contribution in [0, 0.1) is 5.82 Å². The lowest BCUT2D eigenvalue weighted by molar-refractivity contribution is 0.0528. The SMILES string of the molecule is CC(C)(C)OC(=O)NCCCNc1nc2ccc(F)cn2n1. The Balaban J connectivity index is 1.71. The molecule has 22 heavy (non-hydrogen) atoms. The van der Waals surface area contributed by atoms with E-state index in [0.717, 1.165) is 0 Å². The number of carbonyl (C=O) groups is 1. The first-order valence-corrected chi connectivity index (χ1v) is 7.06. The summed E-state index contributed by atoms with van der Waals surface area (Å²) < 4.78 is 19.5. The molecule has 0 aliphatic carbocycles. The fraction of sp³-hybridized carbons (Fsp3) is 0.500. The van der Waals surface area contributed by atoms with Gasteiger partial charge >= 0.3 is 6.09 Å². The molecule has 0 saturated carbocycles. The Morgan fingerprint density at radius 3 is 2.86 bits per heavy atom. The molecular formula is C14H20FN5O2. The number of halogens is 1.